The van der Waals surface area contributed by atoms with E-state index < -0.39 is 24.4 Å². The molecule has 9 heteroatoms. The molecule has 0 spiro atoms. The van der Waals surface area contributed by atoms with Crippen molar-refractivity contribution in [2.75, 3.05) is 6.54 Å². The van der Waals surface area contributed by atoms with Crippen LogP contribution in [0.15, 0.2) is 18.2 Å². The summed E-state index contributed by atoms with van der Waals surface area (Å²) in [6, 6.07) is 3.42. The lowest BCUT2D eigenvalue weighted by atomic mass is 10.0. The topological polar surface area (TPSA) is 105 Å². The van der Waals surface area contributed by atoms with Crippen LogP contribution in [0.3, 0.4) is 0 Å². The van der Waals surface area contributed by atoms with Gasteiger partial charge >= 0.3 is 0 Å². The van der Waals surface area contributed by atoms with Crippen LogP contribution in [0.1, 0.15) is 40.7 Å². The van der Waals surface area contributed by atoms with Crippen molar-refractivity contribution >= 4 is 17.7 Å². The Morgan fingerprint density at radius 2 is 2.07 bits per heavy atom. The van der Waals surface area contributed by atoms with Gasteiger partial charge in [-0.1, -0.05) is 12.1 Å². The number of hydrogen-bond donors (Lipinski definition) is 3. The molecule has 4 N–H and O–H groups in total. The Hall–Kier alpha value is -2.39. The minimum atomic E-state index is -2.54. The number of fused-ring (bicyclic) bond motifs is 1. The second-order valence-electron chi connectivity index (χ2n) is 6.74. The molecule has 0 radical (unpaired) electrons. The fourth-order valence-electron chi connectivity index (χ4n) is 3.55. The average Bonchev–Trinajstić information content (AvgIpc) is 2.96. The van der Waals surface area contributed by atoms with Gasteiger partial charge in [0, 0.05) is 25.1 Å². The highest BCUT2D eigenvalue weighted by molar-refractivity contribution is 6.05. The largest absolute Gasteiger partial charge is 0.330 e. The van der Waals surface area contributed by atoms with Gasteiger partial charge in [-0.05, 0) is 36.6 Å². The Labute approximate surface area is 155 Å². The molecule has 27 heavy (non-hydrogen) atoms. The Morgan fingerprint density at radius 3 is 2.74 bits per heavy atom. The minimum absolute atomic E-state index is 0.147. The summed E-state index contributed by atoms with van der Waals surface area (Å²) in [6.07, 6.45) is -1.93. The molecule has 2 unspecified atom stereocenters. The molecule has 7 nitrogen and oxygen atoms in total. The van der Waals surface area contributed by atoms with E-state index in [-0.39, 0.29) is 50.7 Å². The number of nitrogens with one attached hydrogen (secondary N) is 2. The van der Waals surface area contributed by atoms with E-state index in [4.69, 9.17) is 5.73 Å². The zero-order chi connectivity index (χ0) is 19.6. The van der Waals surface area contributed by atoms with E-state index in [9.17, 15) is 23.2 Å². The smallest absolute Gasteiger partial charge is 0.255 e. The van der Waals surface area contributed by atoms with Gasteiger partial charge in [-0.25, -0.2) is 8.78 Å². The maximum Gasteiger partial charge on any atom is 0.255 e. The molecule has 0 saturated carbocycles. The van der Waals surface area contributed by atoms with Crippen molar-refractivity contribution in [2.24, 2.45) is 5.73 Å². The highest BCUT2D eigenvalue weighted by atomic mass is 19.3. The van der Waals surface area contributed by atoms with Gasteiger partial charge < -0.3 is 16.0 Å². The molecule has 2 aliphatic heterocycles. The minimum Gasteiger partial charge on any atom is -0.330 e. The van der Waals surface area contributed by atoms with Crippen molar-refractivity contribution in [2.45, 2.75) is 50.9 Å². The van der Waals surface area contributed by atoms with Crippen LogP contribution < -0.4 is 16.4 Å². The van der Waals surface area contributed by atoms with Crippen molar-refractivity contribution in [3.63, 3.8) is 0 Å². The lowest BCUT2D eigenvalue weighted by Gasteiger charge is -2.29. The number of halogens is 2. The molecule has 3 rings (SSSR count). The zero-order valence-corrected chi connectivity index (χ0v) is 14.7. The fourth-order valence-corrected chi connectivity index (χ4v) is 3.55. The second kappa shape index (κ2) is 8.10. The number of nitrogens with zero attached hydrogens (tertiary/aromatic N) is 1. The maximum atomic E-state index is 13.1. The fraction of sp³-hybridized carbons (Fsp3) is 0.500. The molecule has 3 amide bonds. The summed E-state index contributed by atoms with van der Waals surface area (Å²) < 4.78 is 26.1. The van der Waals surface area contributed by atoms with Gasteiger partial charge in [0.05, 0.1) is 6.04 Å². The zero-order valence-electron chi connectivity index (χ0n) is 14.7. The molecule has 0 bridgehead atoms. The summed E-state index contributed by atoms with van der Waals surface area (Å²) in [5.74, 6) is -1.11. The van der Waals surface area contributed by atoms with E-state index >= 15 is 0 Å². The second-order valence-corrected chi connectivity index (χ2v) is 6.74. The summed E-state index contributed by atoms with van der Waals surface area (Å²) in [4.78, 5) is 37.6. The van der Waals surface area contributed by atoms with Crippen LogP contribution in [-0.4, -0.2) is 47.7 Å². The van der Waals surface area contributed by atoms with Gasteiger partial charge in [-0.3, -0.25) is 19.7 Å². The van der Waals surface area contributed by atoms with Crippen LogP contribution >= 0.6 is 0 Å². The van der Waals surface area contributed by atoms with Crippen molar-refractivity contribution < 1.29 is 23.2 Å². The van der Waals surface area contributed by atoms with Crippen LogP contribution in [0.5, 0.6) is 0 Å². The number of amides is 3. The molecule has 0 aromatic heterocycles. The normalized spacial score (nSPS) is 20.8. The molecule has 1 aromatic rings. The first kappa shape index (κ1) is 19.4. The Balaban J connectivity index is 1.75. The highest BCUT2D eigenvalue weighted by Crippen LogP contribution is 2.30. The van der Waals surface area contributed by atoms with Crippen LogP contribution in [-0.2, 0) is 22.7 Å². The molecule has 146 valence electrons. The van der Waals surface area contributed by atoms with Gasteiger partial charge in [0.15, 0.2) is 0 Å². The Bertz CT molecular complexity index is 756. The van der Waals surface area contributed by atoms with E-state index in [1.807, 2.05) is 0 Å². The number of carbonyl (C=O) groups is 3. The molecule has 1 fully saturated rings. The lowest BCUT2D eigenvalue weighted by molar-refractivity contribution is -0.136. The third-order valence-electron chi connectivity index (χ3n) is 5.02. The third kappa shape index (κ3) is 3.98. The van der Waals surface area contributed by atoms with Gasteiger partial charge in [0.2, 0.25) is 11.8 Å². The Morgan fingerprint density at radius 1 is 1.30 bits per heavy atom. The predicted octanol–water partition coefficient (Wildman–Crippen LogP) is 0.520. The summed E-state index contributed by atoms with van der Waals surface area (Å²) >= 11 is 0. The number of carbonyl (C=O) groups excluding carboxylic acids is 3. The van der Waals surface area contributed by atoms with E-state index in [0.29, 0.717) is 5.56 Å². The lowest BCUT2D eigenvalue weighted by Crippen LogP contribution is -2.52. The third-order valence-corrected chi connectivity index (χ3v) is 5.02. The van der Waals surface area contributed by atoms with Crippen molar-refractivity contribution in [1.82, 2.24) is 15.5 Å². The van der Waals surface area contributed by atoms with Crippen LogP contribution in [0.2, 0.25) is 0 Å². The van der Waals surface area contributed by atoms with Crippen LogP contribution in [0.4, 0.5) is 8.78 Å². The summed E-state index contributed by atoms with van der Waals surface area (Å²) in [5, 5.41) is 5.06. The Kier molecular flexibility index (Phi) is 5.81. The van der Waals surface area contributed by atoms with E-state index in [1.165, 1.54) is 4.90 Å². The van der Waals surface area contributed by atoms with Gasteiger partial charge in [0.1, 0.15) is 6.04 Å². The molecular weight excluding hydrogens is 358 g/mol. The van der Waals surface area contributed by atoms with E-state index in [2.05, 4.69) is 10.6 Å². The first-order valence-electron chi connectivity index (χ1n) is 8.89. The van der Waals surface area contributed by atoms with Gasteiger partial charge in [-0.2, -0.15) is 0 Å². The summed E-state index contributed by atoms with van der Waals surface area (Å²) in [6.45, 7) is 0.542. The first-order valence-corrected chi connectivity index (χ1v) is 8.89. The van der Waals surface area contributed by atoms with Crippen LogP contribution in [0.25, 0.3) is 0 Å². The molecular formula is C18H22F2N4O3. The summed E-state index contributed by atoms with van der Waals surface area (Å²) in [7, 11) is 0. The van der Waals surface area contributed by atoms with Gasteiger partial charge in [0.25, 0.3) is 12.3 Å². The number of hydrogen-bond acceptors (Lipinski definition) is 5. The average molecular weight is 380 g/mol. The van der Waals surface area contributed by atoms with Crippen LogP contribution in [0, 0.1) is 0 Å². The molecule has 2 heterocycles. The van der Waals surface area contributed by atoms with Crippen molar-refractivity contribution in [1.29, 1.82) is 0 Å². The molecule has 1 saturated heterocycles. The molecule has 1 aromatic carbocycles. The number of nitrogens with two attached hydrogens (primary N) is 1. The number of rotatable bonds is 7. The predicted molar refractivity (Wildman–Crippen MR) is 92.8 cm³/mol. The van der Waals surface area contributed by atoms with Crippen molar-refractivity contribution in [3.8, 4) is 0 Å². The number of alkyl halides is 2. The molecule has 0 aliphatic carbocycles. The first-order chi connectivity index (χ1) is 12.9. The summed E-state index contributed by atoms with van der Waals surface area (Å²) in [5.41, 5.74) is 7.30. The maximum absolute atomic E-state index is 13.1. The standard InChI is InChI=1S/C18H22F2N4O3/c19-16(20)13(6-7-21)22-8-10-2-1-3-11-12(10)9-24(18(11)27)14-4-5-15(25)23-17(14)26/h1-3,13-14,16,22H,4-9,21H2,(H,23,25,26). The highest BCUT2D eigenvalue weighted by Gasteiger charge is 2.39. The number of benzene rings is 1. The number of imide groups is 1. The van der Waals surface area contributed by atoms with E-state index in [0.717, 1.165) is 11.1 Å². The molecule has 2 atom stereocenters. The number of piperidine rings is 1. The van der Waals surface area contributed by atoms with Gasteiger partial charge in [-0.15, -0.1) is 0 Å². The SMILES string of the molecule is NCCC(NCc1cccc2c1CN(C1CCC(=O)NC1=O)C2=O)C(F)F. The quantitative estimate of drug-likeness (QED) is 0.598. The van der Waals surface area contributed by atoms with E-state index in [1.54, 1.807) is 18.2 Å². The van der Waals surface area contributed by atoms with Crippen molar-refractivity contribution in [3.05, 3.63) is 34.9 Å². The monoisotopic (exact) mass is 380 g/mol. The molecule has 2 aliphatic rings.